The number of halogens is 1. The molecule has 0 aliphatic carbocycles. The standard InChI is InChI=1S/C17H23N3O3S.ClH/c1-10(2)17(4,9-18)20-16(22)14-11(3)8-13(24-14)19-15(21)12-6-5-7-23-12;/h5-8,10H,9,18H2,1-4H3,(H,19,21)(H,20,22);1H. The van der Waals surface area contributed by atoms with Crippen LogP contribution in [-0.4, -0.2) is 23.9 Å². The molecule has 2 heterocycles. The fourth-order valence-electron chi connectivity index (χ4n) is 2.10. The van der Waals surface area contributed by atoms with Gasteiger partial charge in [0.15, 0.2) is 5.76 Å². The average molecular weight is 386 g/mol. The Morgan fingerprint density at radius 1 is 1.36 bits per heavy atom. The lowest BCUT2D eigenvalue weighted by atomic mass is 9.88. The van der Waals surface area contributed by atoms with Crippen molar-refractivity contribution < 1.29 is 14.0 Å². The number of anilines is 1. The van der Waals surface area contributed by atoms with Crippen LogP contribution in [0.15, 0.2) is 28.9 Å². The number of rotatable bonds is 6. The van der Waals surface area contributed by atoms with Crippen LogP contribution in [0.3, 0.4) is 0 Å². The molecule has 0 bridgehead atoms. The molecular weight excluding hydrogens is 362 g/mol. The molecular formula is C17H24ClN3O3S. The molecule has 0 spiro atoms. The minimum atomic E-state index is -0.481. The van der Waals surface area contributed by atoms with Gasteiger partial charge >= 0.3 is 0 Å². The second-order valence-electron chi connectivity index (χ2n) is 6.28. The fourth-order valence-corrected chi connectivity index (χ4v) is 3.06. The molecule has 0 aromatic carbocycles. The lowest BCUT2D eigenvalue weighted by molar-refractivity contribution is 0.0886. The van der Waals surface area contributed by atoms with E-state index in [1.54, 1.807) is 18.2 Å². The van der Waals surface area contributed by atoms with Gasteiger partial charge in [0.05, 0.1) is 21.7 Å². The third-order valence-electron chi connectivity index (χ3n) is 4.20. The Hall–Kier alpha value is -1.83. The van der Waals surface area contributed by atoms with Crippen LogP contribution in [0.2, 0.25) is 0 Å². The summed E-state index contributed by atoms with van der Waals surface area (Å²) in [7, 11) is 0. The highest BCUT2D eigenvalue weighted by atomic mass is 35.5. The van der Waals surface area contributed by atoms with E-state index in [0.717, 1.165) is 5.56 Å². The summed E-state index contributed by atoms with van der Waals surface area (Å²) in [6.45, 7) is 8.15. The molecule has 1 atom stereocenters. The molecule has 6 nitrogen and oxygen atoms in total. The summed E-state index contributed by atoms with van der Waals surface area (Å²) in [5.41, 5.74) is 6.14. The van der Waals surface area contributed by atoms with Gasteiger partial charge in [-0.3, -0.25) is 9.59 Å². The number of nitrogens with two attached hydrogens (primary N) is 1. The van der Waals surface area contributed by atoms with Crippen LogP contribution in [0.4, 0.5) is 5.00 Å². The first-order valence-electron chi connectivity index (χ1n) is 7.74. The molecule has 8 heteroatoms. The van der Waals surface area contributed by atoms with Crippen molar-refractivity contribution in [3.63, 3.8) is 0 Å². The van der Waals surface area contributed by atoms with Gasteiger partial charge in [0, 0.05) is 6.54 Å². The van der Waals surface area contributed by atoms with Gasteiger partial charge in [0.25, 0.3) is 11.8 Å². The number of carbonyl (C=O) groups excluding carboxylic acids is 2. The molecule has 138 valence electrons. The molecule has 1 unspecified atom stereocenters. The maximum absolute atomic E-state index is 12.6. The minimum Gasteiger partial charge on any atom is -0.459 e. The molecule has 25 heavy (non-hydrogen) atoms. The summed E-state index contributed by atoms with van der Waals surface area (Å²) in [6, 6.07) is 5.00. The van der Waals surface area contributed by atoms with Crippen LogP contribution in [0.25, 0.3) is 0 Å². The molecule has 0 radical (unpaired) electrons. The molecule has 4 N–H and O–H groups in total. The summed E-state index contributed by atoms with van der Waals surface area (Å²) >= 11 is 1.23. The predicted molar refractivity (Wildman–Crippen MR) is 103 cm³/mol. The Labute approximate surface area is 157 Å². The van der Waals surface area contributed by atoms with Crippen molar-refractivity contribution in [2.45, 2.75) is 33.2 Å². The van der Waals surface area contributed by atoms with E-state index in [2.05, 4.69) is 10.6 Å². The Kier molecular flexibility index (Phi) is 7.22. The number of nitrogens with one attached hydrogen (secondary N) is 2. The number of thiophene rings is 1. The van der Waals surface area contributed by atoms with Gasteiger partial charge in [-0.25, -0.2) is 0 Å². The van der Waals surface area contributed by atoms with E-state index >= 15 is 0 Å². The molecule has 2 rings (SSSR count). The van der Waals surface area contributed by atoms with E-state index in [9.17, 15) is 9.59 Å². The van der Waals surface area contributed by atoms with Crippen molar-refractivity contribution in [3.05, 3.63) is 40.7 Å². The van der Waals surface area contributed by atoms with Crippen LogP contribution in [0, 0.1) is 12.8 Å². The summed E-state index contributed by atoms with van der Waals surface area (Å²) in [6.07, 6.45) is 1.44. The lowest BCUT2D eigenvalue weighted by Crippen LogP contribution is -2.54. The second kappa shape index (κ2) is 8.51. The smallest absolute Gasteiger partial charge is 0.291 e. The lowest BCUT2D eigenvalue weighted by Gasteiger charge is -2.33. The van der Waals surface area contributed by atoms with Crippen molar-refractivity contribution in [2.24, 2.45) is 11.7 Å². The first-order valence-corrected chi connectivity index (χ1v) is 8.56. The highest BCUT2D eigenvalue weighted by molar-refractivity contribution is 7.18. The monoisotopic (exact) mass is 385 g/mol. The van der Waals surface area contributed by atoms with Crippen LogP contribution in [0.1, 0.15) is 46.6 Å². The van der Waals surface area contributed by atoms with Gasteiger partial charge in [-0.05, 0) is 43.5 Å². The van der Waals surface area contributed by atoms with E-state index in [-0.39, 0.29) is 35.9 Å². The molecule has 2 amide bonds. The van der Waals surface area contributed by atoms with Gasteiger partial charge in [-0.1, -0.05) is 13.8 Å². The largest absolute Gasteiger partial charge is 0.459 e. The SMILES string of the molecule is Cc1cc(NC(=O)c2ccco2)sc1C(=O)NC(C)(CN)C(C)C.Cl. The van der Waals surface area contributed by atoms with E-state index in [0.29, 0.717) is 16.4 Å². The molecule has 0 aliphatic heterocycles. The van der Waals surface area contributed by atoms with Crippen LogP contribution < -0.4 is 16.4 Å². The normalized spacial score (nSPS) is 13.0. The topological polar surface area (TPSA) is 97.4 Å². The molecule has 2 aromatic rings. The zero-order valence-corrected chi connectivity index (χ0v) is 16.3. The van der Waals surface area contributed by atoms with Crippen molar-refractivity contribution in [1.82, 2.24) is 5.32 Å². The number of aryl methyl sites for hydroxylation is 1. The van der Waals surface area contributed by atoms with E-state index in [1.165, 1.54) is 17.6 Å². The molecule has 0 fully saturated rings. The first kappa shape index (κ1) is 21.2. The summed E-state index contributed by atoms with van der Waals surface area (Å²) in [4.78, 5) is 25.2. The van der Waals surface area contributed by atoms with Crippen molar-refractivity contribution in [1.29, 1.82) is 0 Å². The third-order valence-corrected chi connectivity index (χ3v) is 5.35. The van der Waals surface area contributed by atoms with E-state index in [4.69, 9.17) is 10.2 Å². The quantitative estimate of drug-likeness (QED) is 0.709. The molecule has 0 saturated carbocycles. The van der Waals surface area contributed by atoms with Gasteiger partial charge in [-0.2, -0.15) is 0 Å². The zero-order chi connectivity index (χ0) is 17.9. The summed E-state index contributed by atoms with van der Waals surface area (Å²) in [5, 5.41) is 6.35. The van der Waals surface area contributed by atoms with Gasteiger partial charge in [0.2, 0.25) is 0 Å². The van der Waals surface area contributed by atoms with E-state index in [1.807, 2.05) is 27.7 Å². The summed E-state index contributed by atoms with van der Waals surface area (Å²) < 4.78 is 5.06. The molecule has 0 saturated heterocycles. The average Bonchev–Trinajstić information content (AvgIpc) is 3.16. The zero-order valence-electron chi connectivity index (χ0n) is 14.7. The number of carbonyl (C=O) groups is 2. The Bertz CT molecular complexity index is 728. The van der Waals surface area contributed by atoms with Crippen LogP contribution >= 0.6 is 23.7 Å². The van der Waals surface area contributed by atoms with E-state index < -0.39 is 5.54 Å². The maximum Gasteiger partial charge on any atom is 0.291 e. The highest BCUT2D eigenvalue weighted by Crippen LogP contribution is 2.28. The van der Waals surface area contributed by atoms with Gasteiger partial charge < -0.3 is 20.8 Å². The van der Waals surface area contributed by atoms with Crippen molar-refractivity contribution in [2.75, 3.05) is 11.9 Å². The number of amides is 2. The Morgan fingerprint density at radius 3 is 2.56 bits per heavy atom. The highest BCUT2D eigenvalue weighted by Gasteiger charge is 2.30. The van der Waals surface area contributed by atoms with Crippen LogP contribution in [-0.2, 0) is 0 Å². The summed E-state index contributed by atoms with van der Waals surface area (Å²) in [5.74, 6) is -0.104. The van der Waals surface area contributed by atoms with Gasteiger partial charge in [-0.15, -0.1) is 23.7 Å². The van der Waals surface area contributed by atoms with Crippen LogP contribution in [0.5, 0.6) is 0 Å². The number of hydrogen-bond donors (Lipinski definition) is 3. The molecule has 2 aromatic heterocycles. The van der Waals surface area contributed by atoms with Crippen molar-refractivity contribution >= 4 is 40.6 Å². The first-order chi connectivity index (χ1) is 11.3. The fraction of sp³-hybridized carbons (Fsp3) is 0.412. The Balaban J connectivity index is 0.00000312. The maximum atomic E-state index is 12.6. The minimum absolute atomic E-state index is 0. The third kappa shape index (κ3) is 4.84. The predicted octanol–water partition coefficient (Wildman–Crippen LogP) is 3.43. The van der Waals surface area contributed by atoms with Crippen molar-refractivity contribution in [3.8, 4) is 0 Å². The number of furan rings is 1. The molecule has 0 aliphatic rings. The number of hydrogen-bond acceptors (Lipinski definition) is 5. The Morgan fingerprint density at radius 2 is 2.04 bits per heavy atom. The van der Waals surface area contributed by atoms with Gasteiger partial charge in [0.1, 0.15) is 0 Å². The second-order valence-corrected chi connectivity index (χ2v) is 7.34.